The van der Waals surface area contributed by atoms with E-state index < -0.39 is 0 Å². The molecule has 0 radical (unpaired) electrons. The molecular formula is C17H19N3O2S. The molecule has 23 heavy (non-hydrogen) atoms. The highest BCUT2D eigenvalue weighted by Gasteiger charge is 2.43. The van der Waals surface area contributed by atoms with Gasteiger partial charge >= 0.3 is 0 Å². The van der Waals surface area contributed by atoms with E-state index in [0.29, 0.717) is 10.5 Å². The van der Waals surface area contributed by atoms with Crippen molar-refractivity contribution in [3.63, 3.8) is 0 Å². The van der Waals surface area contributed by atoms with Gasteiger partial charge in [-0.2, -0.15) is 0 Å². The second kappa shape index (κ2) is 5.62. The maximum atomic E-state index is 13.0. The van der Waals surface area contributed by atoms with Gasteiger partial charge in [0.25, 0.3) is 5.91 Å². The SMILES string of the molecule is O=C(c1c[nH]c(=S)n1-c1ccccc1)N1CC[C@]2(CCOC2)C1. The number of H-pyrrole nitrogens is 1. The number of imidazole rings is 1. The summed E-state index contributed by atoms with van der Waals surface area (Å²) in [5.74, 6) is 0.0324. The molecule has 1 aromatic carbocycles. The van der Waals surface area contributed by atoms with Gasteiger partial charge in [0.2, 0.25) is 0 Å². The summed E-state index contributed by atoms with van der Waals surface area (Å²) in [6.07, 6.45) is 3.79. The number of amides is 1. The number of hydrogen-bond donors (Lipinski definition) is 1. The van der Waals surface area contributed by atoms with Crippen LogP contribution in [0.2, 0.25) is 0 Å². The van der Waals surface area contributed by atoms with Crippen LogP contribution in [0.15, 0.2) is 36.5 Å². The first-order valence-electron chi connectivity index (χ1n) is 7.91. The van der Waals surface area contributed by atoms with Gasteiger partial charge in [0.05, 0.1) is 6.61 Å². The Morgan fingerprint density at radius 3 is 2.83 bits per heavy atom. The zero-order valence-electron chi connectivity index (χ0n) is 12.8. The Morgan fingerprint density at radius 1 is 1.26 bits per heavy atom. The number of hydrogen-bond acceptors (Lipinski definition) is 3. The van der Waals surface area contributed by atoms with Gasteiger partial charge in [0.1, 0.15) is 5.69 Å². The minimum Gasteiger partial charge on any atom is -0.381 e. The molecule has 0 unspecified atom stereocenters. The first-order chi connectivity index (χ1) is 11.2. The van der Waals surface area contributed by atoms with Crippen LogP contribution in [0.1, 0.15) is 23.3 Å². The first kappa shape index (κ1) is 14.7. The number of aromatic nitrogens is 2. The van der Waals surface area contributed by atoms with Crippen molar-refractivity contribution in [2.45, 2.75) is 12.8 Å². The van der Waals surface area contributed by atoms with Crippen LogP contribution in [0.3, 0.4) is 0 Å². The third-order valence-electron chi connectivity index (χ3n) is 4.92. The zero-order valence-corrected chi connectivity index (χ0v) is 13.6. The van der Waals surface area contributed by atoms with Crippen molar-refractivity contribution in [2.24, 2.45) is 5.41 Å². The average Bonchev–Trinajstić information content (AvgIpc) is 3.29. The summed E-state index contributed by atoms with van der Waals surface area (Å²) in [7, 11) is 0. The molecule has 2 aromatic rings. The molecule has 0 bridgehead atoms. The van der Waals surface area contributed by atoms with Crippen molar-refractivity contribution < 1.29 is 9.53 Å². The van der Waals surface area contributed by atoms with E-state index in [4.69, 9.17) is 17.0 Å². The lowest BCUT2D eigenvalue weighted by atomic mass is 9.87. The molecule has 3 heterocycles. The Morgan fingerprint density at radius 2 is 2.09 bits per heavy atom. The molecule has 2 aliphatic rings. The van der Waals surface area contributed by atoms with Gasteiger partial charge in [-0.15, -0.1) is 0 Å². The minimum atomic E-state index is 0.0324. The summed E-state index contributed by atoms with van der Waals surface area (Å²) >= 11 is 5.37. The van der Waals surface area contributed by atoms with Crippen molar-refractivity contribution in [3.05, 3.63) is 47.0 Å². The lowest BCUT2D eigenvalue weighted by molar-refractivity contribution is 0.0757. The molecule has 1 spiro atoms. The maximum Gasteiger partial charge on any atom is 0.272 e. The van der Waals surface area contributed by atoms with Crippen molar-refractivity contribution in [1.29, 1.82) is 0 Å². The van der Waals surface area contributed by atoms with Gasteiger partial charge in [0, 0.05) is 37.0 Å². The normalized spacial score (nSPS) is 23.7. The number of rotatable bonds is 2. The van der Waals surface area contributed by atoms with Crippen LogP contribution in [-0.2, 0) is 4.74 Å². The summed E-state index contributed by atoms with van der Waals surface area (Å²) in [6.45, 7) is 3.15. The molecule has 1 aromatic heterocycles. The molecule has 1 N–H and O–H groups in total. The second-order valence-electron chi connectivity index (χ2n) is 6.43. The smallest absolute Gasteiger partial charge is 0.272 e. The van der Waals surface area contributed by atoms with E-state index in [2.05, 4.69) is 4.98 Å². The minimum absolute atomic E-state index is 0.0324. The Hall–Kier alpha value is -1.92. The predicted octanol–water partition coefficient (Wildman–Crippen LogP) is 2.79. The molecule has 5 nitrogen and oxygen atoms in total. The van der Waals surface area contributed by atoms with Crippen LogP contribution in [0.25, 0.3) is 5.69 Å². The van der Waals surface area contributed by atoms with Crippen LogP contribution in [-0.4, -0.2) is 46.7 Å². The molecule has 1 amide bonds. The number of likely N-dealkylation sites (tertiary alicyclic amines) is 1. The molecule has 4 rings (SSSR count). The van der Waals surface area contributed by atoms with Crippen LogP contribution in [0.5, 0.6) is 0 Å². The largest absolute Gasteiger partial charge is 0.381 e. The van der Waals surface area contributed by atoms with Crippen LogP contribution in [0.4, 0.5) is 0 Å². The monoisotopic (exact) mass is 329 g/mol. The third kappa shape index (κ3) is 2.52. The topological polar surface area (TPSA) is 50.3 Å². The molecule has 120 valence electrons. The standard InChI is InChI=1S/C17H19N3O2S/c21-15(19-8-6-17(11-19)7-9-22-12-17)14-10-18-16(23)20(14)13-4-2-1-3-5-13/h1-5,10H,6-9,11-12H2,(H,18,23)/t17-/m0/s1. The molecule has 2 aliphatic heterocycles. The predicted molar refractivity (Wildman–Crippen MR) is 89.3 cm³/mol. The molecule has 2 fully saturated rings. The third-order valence-corrected chi connectivity index (χ3v) is 5.22. The average molecular weight is 329 g/mol. The number of ether oxygens (including phenoxy) is 1. The van der Waals surface area contributed by atoms with E-state index in [1.54, 1.807) is 6.20 Å². The number of para-hydroxylation sites is 1. The van der Waals surface area contributed by atoms with Crippen LogP contribution >= 0.6 is 12.2 Å². The van der Waals surface area contributed by atoms with Crippen molar-refractivity contribution >= 4 is 18.1 Å². The highest BCUT2D eigenvalue weighted by Crippen LogP contribution is 2.38. The number of nitrogens with zero attached hydrogens (tertiary/aromatic N) is 2. The summed E-state index contributed by atoms with van der Waals surface area (Å²) < 4.78 is 7.90. The van der Waals surface area contributed by atoms with Gasteiger partial charge in [-0.05, 0) is 37.2 Å². The van der Waals surface area contributed by atoms with Gasteiger partial charge in [-0.25, -0.2) is 0 Å². The van der Waals surface area contributed by atoms with Crippen molar-refractivity contribution in [1.82, 2.24) is 14.5 Å². The number of carbonyl (C=O) groups is 1. The van der Waals surface area contributed by atoms with Crippen molar-refractivity contribution in [3.8, 4) is 5.69 Å². The Kier molecular flexibility index (Phi) is 3.58. The summed E-state index contributed by atoms with van der Waals surface area (Å²) in [6, 6.07) is 9.75. The summed E-state index contributed by atoms with van der Waals surface area (Å²) in [5, 5.41) is 0. The van der Waals surface area contributed by atoms with E-state index in [9.17, 15) is 4.79 Å². The number of nitrogens with one attached hydrogen (secondary N) is 1. The molecule has 6 heteroatoms. The molecule has 0 aliphatic carbocycles. The first-order valence-corrected chi connectivity index (χ1v) is 8.32. The van der Waals surface area contributed by atoms with Crippen LogP contribution < -0.4 is 0 Å². The summed E-state index contributed by atoms with van der Waals surface area (Å²) in [4.78, 5) is 17.9. The molecule has 2 saturated heterocycles. The fourth-order valence-electron chi connectivity index (χ4n) is 3.60. The zero-order chi connectivity index (χ0) is 15.9. The Labute approximate surface area is 139 Å². The van der Waals surface area contributed by atoms with Gasteiger partial charge in [0.15, 0.2) is 4.77 Å². The molecular weight excluding hydrogens is 310 g/mol. The quantitative estimate of drug-likeness (QED) is 0.862. The Bertz CT molecular complexity index is 775. The number of aromatic amines is 1. The van der Waals surface area contributed by atoms with Crippen LogP contribution in [0, 0.1) is 10.2 Å². The fraction of sp³-hybridized carbons (Fsp3) is 0.412. The van der Waals surface area contributed by atoms with E-state index in [0.717, 1.165) is 44.8 Å². The van der Waals surface area contributed by atoms with E-state index in [-0.39, 0.29) is 11.3 Å². The fourth-order valence-corrected chi connectivity index (χ4v) is 3.86. The van der Waals surface area contributed by atoms with Crippen molar-refractivity contribution in [2.75, 3.05) is 26.3 Å². The lowest BCUT2D eigenvalue weighted by Gasteiger charge is -2.22. The van der Waals surface area contributed by atoms with Gasteiger partial charge < -0.3 is 14.6 Å². The molecule has 1 atom stereocenters. The van der Waals surface area contributed by atoms with Gasteiger partial charge in [-0.3, -0.25) is 9.36 Å². The van der Waals surface area contributed by atoms with E-state index in [1.165, 1.54) is 0 Å². The maximum absolute atomic E-state index is 13.0. The summed E-state index contributed by atoms with van der Waals surface area (Å²) in [5.41, 5.74) is 1.66. The highest BCUT2D eigenvalue weighted by atomic mass is 32.1. The lowest BCUT2D eigenvalue weighted by Crippen LogP contribution is -2.33. The van der Waals surface area contributed by atoms with Gasteiger partial charge in [-0.1, -0.05) is 18.2 Å². The van der Waals surface area contributed by atoms with E-state index >= 15 is 0 Å². The number of benzene rings is 1. The molecule has 0 saturated carbocycles. The number of carbonyl (C=O) groups excluding carboxylic acids is 1. The Balaban J connectivity index is 1.64. The van der Waals surface area contributed by atoms with E-state index in [1.807, 2.05) is 39.8 Å². The highest BCUT2D eigenvalue weighted by molar-refractivity contribution is 7.71. The second-order valence-corrected chi connectivity index (χ2v) is 6.82.